The number of rotatable bonds is 1. The van der Waals surface area contributed by atoms with Crippen LogP contribution in [0.4, 0.5) is 4.39 Å². The molecule has 1 aliphatic rings. The molecule has 0 N–H and O–H groups in total. The summed E-state index contributed by atoms with van der Waals surface area (Å²) in [4.78, 5) is 13.6. The summed E-state index contributed by atoms with van der Waals surface area (Å²) >= 11 is 3.13. The second-order valence-electron chi connectivity index (χ2n) is 4.07. The first kappa shape index (κ1) is 13.5. The van der Waals surface area contributed by atoms with Gasteiger partial charge in [0.1, 0.15) is 5.82 Å². The minimum atomic E-state index is -3.01. The third-order valence-corrected chi connectivity index (χ3v) is 5.06. The van der Waals surface area contributed by atoms with Crippen molar-refractivity contribution in [2.24, 2.45) is 0 Å². The van der Waals surface area contributed by atoms with Gasteiger partial charge in [0, 0.05) is 17.6 Å². The van der Waals surface area contributed by atoms with Gasteiger partial charge in [-0.2, -0.15) is 0 Å². The van der Waals surface area contributed by atoms with E-state index < -0.39 is 15.7 Å². The summed E-state index contributed by atoms with van der Waals surface area (Å²) in [6.45, 7) is 0.371. The van der Waals surface area contributed by atoms with Gasteiger partial charge in [0.05, 0.1) is 17.1 Å². The lowest BCUT2D eigenvalue weighted by Gasteiger charge is -2.27. The normalized spacial score (nSPS) is 18.7. The summed E-state index contributed by atoms with van der Waals surface area (Å²) in [5.74, 6) is -0.744. The molecule has 0 spiro atoms. The van der Waals surface area contributed by atoms with E-state index in [1.165, 1.54) is 23.1 Å². The van der Waals surface area contributed by atoms with Gasteiger partial charge in [-0.05, 0) is 34.1 Å². The van der Waals surface area contributed by atoms with Gasteiger partial charge >= 0.3 is 0 Å². The van der Waals surface area contributed by atoms with Crippen molar-refractivity contribution in [2.45, 2.75) is 0 Å². The molecule has 1 aromatic rings. The van der Waals surface area contributed by atoms with Gasteiger partial charge in [-0.3, -0.25) is 4.79 Å². The maximum Gasteiger partial charge on any atom is 0.255 e. The summed E-state index contributed by atoms with van der Waals surface area (Å²) in [7, 11) is -3.01. The highest BCUT2D eigenvalue weighted by Gasteiger charge is 2.26. The summed E-state index contributed by atoms with van der Waals surface area (Å²) in [6.07, 6.45) is 0. The van der Waals surface area contributed by atoms with Gasteiger partial charge in [-0.15, -0.1) is 0 Å². The number of sulfone groups is 1. The molecule has 0 bridgehead atoms. The number of nitrogens with zero attached hydrogens (tertiary/aromatic N) is 1. The molecule has 1 fully saturated rings. The van der Waals surface area contributed by atoms with E-state index in [-0.39, 0.29) is 30.5 Å². The van der Waals surface area contributed by atoms with Gasteiger partial charge in [-0.1, -0.05) is 0 Å². The third kappa shape index (κ3) is 2.89. The van der Waals surface area contributed by atoms with Crippen molar-refractivity contribution < 1.29 is 17.6 Å². The van der Waals surface area contributed by atoms with E-state index in [1.54, 1.807) is 0 Å². The van der Waals surface area contributed by atoms with Crippen LogP contribution in [0.1, 0.15) is 10.4 Å². The second-order valence-corrected chi connectivity index (χ2v) is 7.23. The van der Waals surface area contributed by atoms with E-state index in [4.69, 9.17) is 0 Å². The number of carbonyl (C=O) groups excluding carboxylic acids is 1. The number of benzene rings is 1. The highest BCUT2D eigenvalue weighted by Crippen LogP contribution is 2.20. The van der Waals surface area contributed by atoms with Crippen LogP contribution in [0, 0.1) is 5.82 Å². The Hall–Kier alpha value is -0.950. The molecule has 0 radical (unpaired) electrons. The largest absolute Gasteiger partial charge is 0.337 e. The molecule has 0 aliphatic carbocycles. The molecule has 1 heterocycles. The van der Waals surface area contributed by atoms with Crippen molar-refractivity contribution in [3.8, 4) is 0 Å². The predicted molar refractivity (Wildman–Crippen MR) is 68.7 cm³/mol. The van der Waals surface area contributed by atoms with Crippen molar-refractivity contribution >= 4 is 31.7 Å². The standard InChI is InChI=1S/C11H11BrFNO3S/c12-10-7-8(13)1-2-9(10)11(15)14-3-5-18(16,17)6-4-14/h1-2,7H,3-6H2. The summed E-state index contributed by atoms with van der Waals surface area (Å²) in [5.41, 5.74) is 0.343. The minimum absolute atomic E-state index is 0.0163. The Labute approximate surface area is 113 Å². The first-order valence-electron chi connectivity index (χ1n) is 5.34. The Balaban J connectivity index is 2.17. The second kappa shape index (κ2) is 4.97. The van der Waals surface area contributed by atoms with E-state index in [0.29, 0.717) is 10.0 Å². The molecular formula is C11H11BrFNO3S. The van der Waals surface area contributed by atoms with Crippen LogP contribution in [-0.4, -0.2) is 43.8 Å². The molecule has 0 unspecified atom stereocenters. The smallest absolute Gasteiger partial charge is 0.255 e. The molecule has 0 aromatic heterocycles. The number of hydrogen-bond acceptors (Lipinski definition) is 3. The molecule has 1 aromatic carbocycles. The fourth-order valence-electron chi connectivity index (χ4n) is 1.75. The van der Waals surface area contributed by atoms with Crippen LogP contribution in [0.15, 0.2) is 22.7 Å². The topological polar surface area (TPSA) is 54.5 Å². The number of halogens is 2. The highest BCUT2D eigenvalue weighted by molar-refractivity contribution is 9.10. The van der Waals surface area contributed by atoms with Crippen molar-refractivity contribution in [2.75, 3.05) is 24.6 Å². The number of hydrogen-bond donors (Lipinski definition) is 0. The van der Waals surface area contributed by atoms with Crippen LogP contribution in [-0.2, 0) is 9.84 Å². The van der Waals surface area contributed by atoms with Gasteiger partial charge in [0.25, 0.3) is 5.91 Å². The van der Waals surface area contributed by atoms with E-state index in [0.717, 1.165) is 0 Å². The Morgan fingerprint density at radius 1 is 1.28 bits per heavy atom. The van der Waals surface area contributed by atoms with Gasteiger partial charge in [-0.25, -0.2) is 12.8 Å². The molecule has 1 amide bonds. The summed E-state index contributed by atoms with van der Waals surface area (Å²) in [5, 5.41) is 0. The maximum absolute atomic E-state index is 12.9. The lowest BCUT2D eigenvalue weighted by atomic mass is 10.2. The lowest BCUT2D eigenvalue weighted by Crippen LogP contribution is -2.43. The van der Waals surface area contributed by atoms with Crippen molar-refractivity contribution in [1.29, 1.82) is 0 Å². The molecular weight excluding hydrogens is 325 g/mol. The molecule has 18 heavy (non-hydrogen) atoms. The molecule has 2 rings (SSSR count). The van der Waals surface area contributed by atoms with E-state index in [1.807, 2.05) is 0 Å². The first-order valence-corrected chi connectivity index (χ1v) is 7.95. The van der Waals surface area contributed by atoms with E-state index in [9.17, 15) is 17.6 Å². The predicted octanol–water partition coefficient (Wildman–Crippen LogP) is 1.46. The van der Waals surface area contributed by atoms with Crippen LogP contribution in [0.2, 0.25) is 0 Å². The quantitative estimate of drug-likeness (QED) is 0.780. The van der Waals surface area contributed by atoms with Crippen LogP contribution >= 0.6 is 15.9 Å². The van der Waals surface area contributed by atoms with E-state index in [2.05, 4.69) is 15.9 Å². The molecule has 0 atom stereocenters. The Morgan fingerprint density at radius 3 is 2.44 bits per heavy atom. The molecule has 98 valence electrons. The summed E-state index contributed by atoms with van der Waals surface area (Å²) in [6, 6.07) is 3.82. The van der Waals surface area contributed by atoms with Crippen LogP contribution in [0.25, 0.3) is 0 Å². The van der Waals surface area contributed by atoms with Gasteiger partial charge in [0.15, 0.2) is 9.84 Å². The minimum Gasteiger partial charge on any atom is -0.337 e. The monoisotopic (exact) mass is 335 g/mol. The van der Waals surface area contributed by atoms with E-state index >= 15 is 0 Å². The Morgan fingerprint density at radius 2 is 1.89 bits per heavy atom. The first-order chi connectivity index (χ1) is 8.39. The molecule has 1 saturated heterocycles. The maximum atomic E-state index is 12.9. The highest BCUT2D eigenvalue weighted by atomic mass is 79.9. The molecule has 1 aliphatic heterocycles. The molecule has 7 heteroatoms. The zero-order valence-corrected chi connectivity index (χ0v) is 11.8. The fraction of sp³-hybridized carbons (Fsp3) is 0.364. The average molecular weight is 336 g/mol. The third-order valence-electron chi connectivity index (χ3n) is 2.79. The zero-order chi connectivity index (χ0) is 13.3. The average Bonchev–Trinajstić information content (AvgIpc) is 2.28. The van der Waals surface area contributed by atoms with Crippen LogP contribution < -0.4 is 0 Å². The molecule has 0 saturated carbocycles. The van der Waals surface area contributed by atoms with Crippen molar-refractivity contribution in [1.82, 2.24) is 4.90 Å². The Bertz CT molecular complexity index is 574. The van der Waals surface area contributed by atoms with Crippen molar-refractivity contribution in [3.05, 3.63) is 34.1 Å². The number of carbonyl (C=O) groups is 1. The van der Waals surface area contributed by atoms with Crippen LogP contribution in [0.5, 0.6) is 0 Å². The van der Waals surface area contributed by atoms with Crippen LogP contribution in [0.3, 0.4) is 0 Å². The Kier molecular flexibility index (Phi) is 3.72. The lowest BCUT2D eigenvalue weighted by molar-refractivity contribution is 0.0769. The SMILES string of the molecule is O=C(c1ccc(F)cc1Br)N1CCS(=O)(=O)CC1. The fourth-order valence-corrected chi connectivity index (χ4v) is 3.47. The summed E-state index contributed by atoms with van der Waals surface area (Å²) < 4.78 is 35.8. The van der Waals surface area contributed by atoms with Gasteiger partial charge < -0.3 is 4.90 Å². The molecule has 4 nitrogen and oxygen atoms in total. The van der Waals surface area contributed by atoms with Gasteiger partial charge in [0.2, 0.25) is 0 Å². The number of amides is 1. The van der Waals surface area contributed by atoms with Crippen molar-refractivity contribution in [3.63, 3.8) is 0 Å². The zero-order valence-electron chi connectivity index (χ0n) is 9.40.